The second kappa shape index (κ2) is 24.6. The number of nitro benzene ring substituents is 6. The summed E-state index contributed by atoms with van der Waals surface area (Å²) in [6, 6.07) is 31.5. The van der Waals surface area contributed by atoms with E-state index in [1.54, 1.807) is 87.5 Å². The first kappa shape index (κ1) is 53.7. The van der Waals surface area contributed by atoms with Crippen LogP contribution in [0.1, 0.15) is 16.7 Å². The van der Waals surface area contributed by atoms with Crippen LogP contribution in [0.3, 0.4) is 0 Å². The fourth-order valence-corrected chi connectivity index (χ4v) is 9.23. The van der Waals surface area contributed by atoms with E-state index in [0.29, 0.717) is 53.6 Å². The molecule has 0 saturated carbocycles. The van der Waals surface area contributed by atoms with E-state index in [0.717, 1.165) is 18.2 Å². The van der Waals surface area contributed by atoms with Gasteiger partial charge in [0.15, 0.2) is 0 Å². The molecule has 26 heteroatoms. The van der Waals surface area contributed by atoms with Gasteiger partial charge in [0.25, 0.3) is 34.1 Å². The Balaban J connectivity index is 1.31. The third kappa shape index (κ3) is 13.4. The summed E-state index contributed by atoms with van der Waals surface area (Å²) in [4.78, 5) is 78.9. The van der Waals surface area contributed by atoms with Crippen LogP contribution in [-0.2, 0) is 19.6 Å². The van der Waals surface area contributed by atoms with Gasteiger partial charge in [0.2, 0.25) is 0 Å². The molecule has 6 aromatic carbocycles. The van der Waals surface area contributed by atoms with Gasteiger partial charge < -0.3 is 28.9 Å². The summed E-state index contributed by atoms with van der Waals surface area (Å²) in [6.07, 6.45) is 0. The van der Waals surface area contributed by atoms with E-state index in [4.69, 9.17) is 14.2 Å². The van der Waals surface area contributed by atoms with Gasteiger partial charge in [-0.3, -0.25) is 70.5 Å². The fraction of sp³-hybridized carbons (Fsp3) is 0.294. The van der Waals surface area contributed by atoms with Crippen LogP contribution in [0, 0.1) is 60.7 Å². The van der Waals surface area contributed by atoms with Crippen LogP contribution in [0.5, 0.6) is 17.2 Å². The zero-order valence-corrected chi connectivity index (χ0v) is 41.3. The number of rotatable bonds is 9. The summed E-state index contributed by atoms with van der Waals surface area (Å²) in [5.41, 5.74) is -1.14. The summed E-state index contributed by atoms with van der Waals surface area (Å²) in [5.74, 6) is 1.41. The second-order valence-corrected chi connectivity index (χ2v) is 17.9. The molecular formula is C51H51N11O15. The first-order valence-electron chi connectivity index (χ1n) is 24.2. The number of ether oxygens (including phenoxy) is 3. The predicted molar refractivity (Wildman–Crippen MR) is 281 cm³/mol. The molecule has 0 amide bonds. The number of anilines is 3. The van der Waals surface area contributed by atoms with Crippen molar-refractivity contribution in [1.29, 1.82) is 0 Å². The summed E-state index contributed by atoms with van der Waals surface area (Å²) >= 11 is 0. The summed E-state index contributed by atoms with van der Waals surface area (Å²) in [7, 11) is 0. The van der Waals surface area contributed by atoms with Crippen LogP contribution >= 0.6 is 0 Å². The molecule has 0 fully saturated rings. The number of fused-ring (bicyclic) bond motifs is 15. The van der Waals surface area contributed by atoms with Crippen molar-refractivity contribution in [3.63, 3.8) is 0 Å². The van der Waals surface area contributed by atoms with Gasteiger partial charge in [0.05, 0.1) is 47.7 Å². The molecule has 26 nitrogen and oxygen atoms in total. The first-order chi connectivity index (χ1) is 37.1. The number of nitrogens with zero attached hydrogens (tertiary/aromatic N) is 11. The Kier molecular flexibility index (Phi) is 17.2. The molecule has 9 rings (SSSR count). The number of hydrogen-bond acceptors (Lipinski definition) is 20. The van der Waals surface area contributed by atoms with E-state index in [1.165, 1.54) is 36.4 Å². The van der Waals surface area contributed by atoms with Gasteiger partial charge in [-0.25, -0.2) is 0 Å². The predicted octanol–water partition coefficient (Wildman–Crippen LogP) is 8.32. The molecule has 0 radical (unpaired) electrons. The molecule has 3 aliphatic rings. The molecule has 0 N–H and O–H groups in total. The lowest BCUT2D eigenvalue weighted by Gasteiger charge is -2.34. The maximum Gasteiger partial charge on any atom is 0.299 e. The number of nitro groups is 6. The Labute approximate surface area is 438 Å². The maximum atomic E-state index is 12.8. The van der Waals surface area contributed by atoms with Crippen LogP contribution in [-0.4, -0.2) is 118 Å². The van der Waals surface area contributed by atoms with Crippen molar-refractivity contribution in [2.75, 3.05) is 93.4 Å². The number of benzene rings is 6. The van der Waals surface area contributed by atoms with Crippen molar-refractivity contribution in [2.45, 2.75) is 19.6 Å². The van der Waals surface area contributed by atoms with Crippen molar-refractivity contribution in [3.8, 4) is 17.2 Å². The van der Waals surface area contributed by atoms with Crippen molar-refractivity contribution in [2.24, 2.45) is 0 Å². The average Bonchev–Trinajstić information content (AvgIpc) is 3.42. The Hall–Kier alpha value is -9.56. The molecule has 3 heterocycles. The van der Waals surface area contributed by atoms with Crippen LogP contribution in [0.25, 0.3) is 0 Å². The van der Waals surface area contributed by atoms with Crippen molar-refractivity contribution in [1.82, 2.24) is 9.80 Å². The average molecular weight is 1060 g/mol. The van der Waals surface area contributed by atoms with Crippen LogP contribution in [0.2, 0.25) is 0 Å². The van der Waals surface area contributed by atoms with E-state index in [9.17, 15) is 60.7 Å². The van der Waals surface area contributed by atoms with E-state index in [1.807, 2.05) is 4.90 Å². The molecule has 0 spiro atoms. The van der Waals surface area contributed by atoms with Gasteiger partial charge in [0, 0.05) is 113 Å². The Morgan fingerprint density at radius 1 is 0.325 bits per heavy atom. The first-order valence-corrected chi connectivity index (χ1v) is 24.2. The van der Waals surface area contributed by atoms with Gasteiger partial charge in [-0.15, -0.1) is 0 Å². The Bertz CT molecular complexity index is 2850. The van der Waals surface area contributed by atoms with Gasteiger partial charge in [-0.2, -0.15) is 0 Å². The van der Waals surface area contributed by atoms with Crippen LogP contribution in [0.15, 0.2) is 127 Å². The summed E-state index contributed by atoms with van der Waals surface area (Å²) in [5, 5.41) is 74.2. The summed E-state index contributed by atoms with van der Waals surface area (Å²) < 4.78 is 19.4. The van der Waals surface area contributed by atoms with Crippen molar-refractivity contribution in [3.05, 3.63) is 205 Å². The molecular weight excluding hydrogens is 1010 g/mol. The molecule has 0 aliphatic carbocycles. The summed E-state index contributed by atoms with van der Waals surface area (Å²) in [6.45, 7) is 1.79. The lowest BCUT2D eigenvalue weighted by molar-refractivity contribution is -0.394. The van der Waals surface area contributed by atoms with E-state index < -0.39 is 63.7 Å². The standard InChI is InChI=1S/C51H51N11O15/c63-57(64)40-13-16-43(46(31-40)60(69)70)54-22-19-52-20-23-55(44-17-14-41(58(65)66)32-47(44)61(71)72)35-38-8-2-5-11-50(38)76-29-26-53(25-28-75-49-10-4-1-7-37(49)34-54)27-30-77-51-12-6-3-9-39(51)36-56(24-21-52)45-18-15-42(59(67)68)33-48(45)62(73)74/h1-18,31-33H,19-30,34-36H2. The van der Waals surface area contributed by atoms with E-state index in [2.05, 4.69) is 4.90 Å². The molecule has 3 aliphatic heterocycles. The van der Waals surface area contributed by atoms with Gasteiger partial charge >= 0.3 is 0 Å². The maximum absolute atomic E-state index is 12.8. The Morgan fingerprint density at radius 3 is 0.870 bits per heavy atom. The topological polar surface area (TPSA) is 303 Å². The molecule has 0 atom stereocenters. The smallest absolute Gasteiger partial charge is 0.299 e. The molecule has 0 aromatic heterocycles. The molecule has 2 bridgehead atoms. The van der Waals surface area contributed by atoms with Crippen molar-refractivity contribution >= 4 is 51.2 Å². The van der Waals surface area contributed by atoms with Gasteiger partial charge in [-0.1, -0.05) is 54.6 Å². The zero-order valence-electron chi connectivity index (χ0n) is 41.3. The minimum Gasteiger partial charge on any atom is -0.492 e. The minimum absolute atomic E-state index is 0.00344. The quantitative estimate of drug-likeness (QED) is 0.0970. The van der Waals surface area contributed by atoms with Gasteiger partial charge in [0.1, 0.15) is 54.1 Å². The highest BCUT2D eigenvalue weighted by Gasteiger charge is 2.30. The highest BCUT2D eigenvalue weighted by Crippen LogP contribution is 2.38. The highest BCUT2D eigenvalue weighted by atomic mass is 16.6. The third-order valence-electron chi connectivity index (χ3n) is 13.2. The third-order valence-corrected chi connectivity index (χ3v) is 13.2. The van der Waals surface area contributed by atoms with E-state index >= 15 is 0 Å². The van der Waals surface area contributed by atoms with Gasteiger partial charge in [-0.05, 0) is 36.4 Å². The molecule has 0 unspecified atom stereocenters. The van der Waals surface area contributed by atoms with Crippen LogP contribution < -0.4 is 28.9 Å². The molecule has 6 aromatic rings. The van der Waals surface area contributed by atoms with Crippen LogP contribution in [0.4, 0.5) is 51.2 Å². The minimum atomic E-state index is -0.732. The fourth-order valence-electron chi connectivity index (χ4n) is 9.23. The zero-order chi connectivity index (χ0) is 54.6. The van der Waals surface area contributed by atoms with Crippen molar-refractivity contribution < 1.29 is 43.8 Å². The number of non-ortho nitro benzene ring substituents is 3. The SMILES string of the molecule is O=[N+]([O-])c1ccc(N2CCN3CCN(c4ccc([N+](=O)[O-])cc4[N+](=O)[O-])Cc4ccccc4OCCN(CCOc4ccccc4C2)CCOc2ccccc2CN(c2ccc([N+](=O)[O-])cc2[N+](=O)[O-])CC3)c([N+](=O)[O-])c1. The monoisotopic (exact) mass is 1060 g/mol. The molecule has 400 valence electrons. The number of para-hydroxylation sites is 3. The normalized spacial score (nSPS) is 16.9. The lowest BCUT2D eigenvalue weighted by Crippen LogP contribution is -2.43. The Morgan fingerprint density at radius 2 is 0.597 bits per heavy atom. The lowest BCUT2D eigenvalue weighted by atomic mass is 10.1. The number of hydrogen-bond donors (Lipinski definition) is 0. The highest BCUT2D eigenvalue weighted by molar-refractivity contribution is 5.69. The second-order valence-electron chi connectivity index (χ2n) is 17.9. The molecule has 77 heavy (non-hydrogen) atoms. The molecule has 0 saturated heterocycles. The largest absolute Gasteiger partial charge is 0.492 e. The van der Waals surface area contributed by atoms with E-state index in [-0.39, 0.29) is 95.8 Å².